The summed E-state index contributed by atoms with van der Waals surface area (Å²) in [6.07, 6.45) is 3.45. The minimum Gasteiger partial charge on any atom is -0.399 e. The standard InChI is InChI=1S/C6H7N.C5H4N4/c7-6-4-2-1-3-5-6;1-2-6-5-3-7-9-8-4(1)5/h1-5H,7H2;1-3,6H. The third-order valence-electron chi connectivity index (χ3n) is 1.95. The van der Waals surface area contributed by atoms with E-state index in [0.717, 1.165) is 16.7 Å². The Balaban J connectivity index is 0.000000125. The van der Waals surface area contributed by atoms with Crippen LogP contribution in [0.4, 0.5) is 5.69 Å². The molecule has 0 amide bonds. The first-order chi connectivity index (χ1) is 7.86. The number of aromatic amines is 1. The Morgan fingerprint density at radius 3 is 2.50 bits per heavy atom. The molecule has 5 nitrogen and oxygen atoms in total. The van der Waals surface area contributed by atoms with E-state index in [1.165, 1.54) is 0 Å². The predicted molar refractivity (Wildman–Crippen MR) is 62.5 cm³/mol. The second-order valence-electron chi connectivity index (χ2n) is 3.12. The zero-order valence-electron chi connectivity index (χ0n) is 8.54. The molecule has 0 unspecified atom stereocenters. The fourth-order valence-corrected chi connectivity index (χ4v) is 1.18. The number of H-pyrrole nitrogens is 1. The second kappa shape index (κ2) is 4.88. The highest BCUT2D eigenvalue weighted by Crippen LogP contribution is 2.02. The molecule has 0 aliphatic carbocycles. The smallest absolute Gasteiger partial charge is 0.114 e. The van der Waals surface area contributed by atoms with Crippen molar-refractivity contribution in [3.8, 4) is 0 Å². The number of nitrogens with two attached hydrogens (primary N) is 1. The van der Waals surface area contributed by atoms with E-state index in [1.54, 1.807) is 12.4 Å². The van der Waals surface area contributed by atoms with Gasteiger partial charge in [0, 0.05) is 11.9 Å². The number of benzene rings is 1. The van der Waals surface area contributed by atoms with Gasteiger partial charge in [0.15, 0.2) is 0 Å². The number of fused-ring (bicyclic) bond motifs is 1. The lowest BCUT2D eigenvalue weighted by Gasteiger charge is -1.83. The van der Waals surface area contributed by atoms with Crippen molar-refractivity contribution in [3.05, 3.63) is 48.8 Å². The van der Waals surface area contributed by atoms with Crippen LogP contribution in [0.3, 0.4) is 0 Å². The average Bonchev–Trinajstić information content (AvgIpc) is 2.79. The molecule has 2 aromatic heterocycles. The Morgan fingerprint density at radius 1 is 1.06 bits per heavy atom. The van der Waals surface area contributed by atoms with Gasteiger partial charge in [-0.1, -0.05) is 18.2 Å². The van der Waals surface area contributed by atoms with Gasteiger partial charge in [-0.25, -0.2) is 0 Å². The van der Waals surface area contributed by atoms with Crippen molar-refractivity contribution >= 4 is 16.7 Å². The van der Waals surface area contributed by atoms with E-state index in [2.05, 4.69) is 20.4 Å². The van der Waals surface area contributed by atoms with E-state index in [0.29, 0.717) is 0 Å². The SMILES string of the molecule is Nc1ccccc1.c1cc2nnncc2[nH]1. The molecule has 0 bridgehead atoms. The molecule has 0 spiro atoms. The topological polar surface area (TPSA) is 80.5 Å². The van der Waals surface area contributed by atoms with Gasteiger partial charge in [-0.15, -0.1) is 10.2 Å². The van der Waals surface area contributed by atoms with Crippen LogP contribution < -0.4 is 5.73 Å². The van der Waals surface area contributed by atoms with Gasteiger partial charge < -0.3 is 10.7 Å². The Kier molecular flexibility index (Phi) is 3.08. The molecule has 0 saturated heterocycles. The third kappa shape index (κ3) is 2.54. The van der Waals surface area contributed by atoms with Crippen molar-refractivity contribution in [2.24, 2.45) is 0 Å². The normalized spacial score (nSPS) is 9.50. The Hall–Kier alpha value is -2.43. The van der Waals surface area contributed by atoms with Gasteiger partial charge in [0.1, 0.15) is 5.52 Å². The van der Waals surface area contributed by atoms with E-state index in [4.69, 9.17) is 5.73 Å². The van der Waals surface area contributed by atoms with Crippen LogP contribution in [-0.4, -0.2) is 20.4 Å². The van der Waals surface area contributed by atoms with Gasteiger partial charge in [0.2, 0.25) is 0 Å². The van der Waals surface area contributed by atoms with Crippen LogP contribution in [0.5, 0.6) is 0 Å². The lowest BCUT2D eigenvalue weighted by atomic mass is 10.3. The summed E-state index contributed by atoms with van der Waals surface area (Å²) in [5.74, 6) is 0. The Bertz CT molecular complexity index is 516. The maximum Gasteiger partial charge on any atom is 0.114 e. The van der Waals surface area contributed by atoms with Crippen LogP contribution in [-0.2, 0) is 0 Å². The largest absolute Gasteiger partial charge is 0.399 e. The summed E-state index contributed by atoms with van der Waals surface area (Å²) in [6.45, 7) is 0. The summed E-state index contributed by atoms with van der Waals surface area (Å²) in [7, 11) is 0. The molecule has 0 saturated carbocycles. The summed E-state index contributed by atoms with van der Waals surface area (Å²) in [5.41, 5.74) is 7.95. The van der Waals surface area contributed by atoms with Crippen LogP contribution >= 0.6 is 0 Å². The van der Waals surface area contributed by atoms with Crippen LogP contribution in [0, 0.1) is 0 Å². The molecule has 2 heterocycles. The van der Waals surface area contributed by atoms with Gasteiger partial charge in [0.05, 0.1) is 11.7 Å². The molecule has 0 aliphatic rings. The summed E-state index contributed by atoms with van der Waals surface area (Å²) < 4.78 is 0. The van der Waals surface area contributed by atoms with Crippen LogP contribution in [0.2, 0.25) is 0 Å². The van der Waals surface area contributed by atoms with Crippen LogP contribution in [0.15, 0.2) is 48.8 Å². The zero-order chi connectivity index (χ0) is 11.2. The van der Waals surface area contributed by atoms with Gasteiger partial charge in [-0.05, 0) is 23.4 Å². The molecule has 5 heteroatoms. The molecule has 1 aromatic carbocycles. The second-order valence-corrected chi connectivity index (χ2v) is 3.12. The van der Waals surface area contributed by atoms with Crippen molar-refractivity contribution < 1.29 is 0 Å². The van der Waals surface area contributed by atoms with Crippen LogP contribution in [0.1, 0.15) is 0 Å². The maximum absolute atomic E-state index is 5.36. The number of rotatable bonds is 0. The van der Waals surface area contributed by atoms with E-state index in [9.17, 15) is 0 Å². The summed E-state index contributed by atoms with van der Waals surface area (Å²) in [6, 6.07) is 11.3. The lowest BCUT2D eigenvalue weighted by Crippen LogP contribution is -1.83. The Labute approximate surface area is 92.3 Å². The predicted octanol–water partition coefficient (Wildman–Crippen LogP) is 1.62. The van der Waals surface area contributed by atoms with Crippen LogP contribution in [0.25, 0.3) is 11.0 Å². The number of nitrogen functional groups attached to an aromatic ring is 1. The van der Waals surface area contributed by atoms with Gasteiger partial charge >= 0.3 is 0 Å². The molecule has 16 heavy (non-hydrogen) atoms. The quantitative estimate of drug-likeness (QED) is 0.556. The highest BCUT2D eigenvalue weighted by atomic mass is 15.3. The van der Waals surface area contributed by atoms with Crippen molar-refractivity contribution in [2.45, 2.75) is 0 Å². The molecule has 80 valence electrons. The molecular weight excluding hydrogens is 202 g/mol. The van der Waals surface area contributed by atoms with Gasteiger partial charge in [-0.3, -0.25) is 0 Å². The number of nitrogens with zero attached hydrogens (tertiary/aromatic N) is 3. The third-order valence-corrected chi connectivity index (χ3v) is 1.95. The Morgan fingerprint density at radius 2 is 1.88 bits per heavy atom. The van der Waals surface area contributed by atoms with E-state index in [1.807, 2.05) is 36.4 Å². The van der Waals surface area contributed by atoms with Gasteiger partial charge in [0.25, 0.3) is 0 Å². The molecular formula is C11H11N5. The number of anilines is 1. The van der Waals surface area contributed by atoms with Crippen molar-refractivity contribution in [1.82, 2.24) is 20.4 Å². The number of aromatic nitrogens is 4. The number of nitrogens with one attached hydrogen (secondary N) is 1. The molecule has 0 radical (unpaired) electrons. The zero-order valence-corrected chi connectivity index (χ0v) is 8.54. The number of para-hydroxylation sites is 1. The summed E-state index contributed by atoms with van der Waals surface area (Å²) >= 11 is 0. The highest BCUT2D eigenvalue weighted by Gasteiger charge is 1.90. The van der Waals surface area contributed by atoms with Crippen molar-refractivity contribution in [3.63, 3.8) is 0 Å². The fourth-order valence-electron chi connectivity index (χ4n) is 1.18. The first-order valence-corrected chi connectivity index (χ1v) is 4.78. The van der Waals surface area contributed by atoms with E-state index in [-0.39, 0.29) is 0 Å². The molecule has 0 fully saturated rings. The molecule has 3 rings (SSSR count). The minimum atomic E-state index is 0.822. The first-order valence-electron chi connectivity index (χ1n) is 4.78. The van der Waals surface area contributed by atoms with Crippen molar-refractivity contribution in [1.29, 1.82) is 0 Å². The molecule has 3 N–H and O–H groups in total. The molecule has 0 atom stereocenters. The van der Waals surface area contributed by atoms with E-state index >= 15 is 0 Å². The first kappa shape index (κ1) is 10.1. The summed E-state index contributed by atoms with van der Waals surface area (Å²) in [4.78, 5) is 2.95. The average molecular weight is 213 g/mol. The van der Waals surface area contributed by atoms with Gasteiger partial charge in [-0.2, -0.15) is 0 Å². The highest BCUT2D eigenvalue weighted by molar-refractivity contribution is 5.72. The molecule has 0 aliphatic heterocycles. The number of hydrogen-bond donors (Lipinski definition) is 2. The minimum absolute atomic E-state index is 0.822. The van der Waals surface area contributed by atoms with Crippen molar-refractivity contribution in [2.75, 3.05) is 5.73 Å². The number of hydrogen-bond acceptors (Lipinski definition) is 4. The maximum atomic E-state index is 5.36. The fraction of sp³-hybridized carbons (Fsp3) is 0. The molecule has 3 aromatic rings. The monoisotopic (exact) mass is 213 g/mol. The summed E-state index contributed by atoms with van der Waals surface area (Å²) in [5, 5.41) is 10.8. The van der Waals surface area contributed by atoms with E-state index < -0.39 is 0 Å². The lowest BCUT2D eigenvalue weighted by molar-refractivity contribution is 0.895.